The Kier molecular flexibility index (Phi) is 12.7. The van der Waals surface area contributed by atoms with Crippen LogP contribution in [0.25, 0.3) is 44.3 Å². The number of fused-ring (bicyclic) bond motifs is 10. The third-order valence-corrected chi connectivity index (χ3v) is 36.5. The summed E-state index contributed by atoms with van der Waals surface area (Å²) in [6.07, 6.45) is 13.5. The van der Waals surface area contributed by atoms with Crippen LogP contribution in [-0.2, 0) is 28.8 Å². The Bertz CT molecular complexity index is 3330. The summed E-state index contributed by atoms with van der Waals surface area (Å²) in [6.45, 7) is 24.6. The Morgan fingerprint density at radius 3 is 1.89 bits per heavy atom. The Morgan fingerprint density at radius 2 is 1.20 bits per heavy atom. The third kappa shape index (κ3) is 6.68. The van der Waals surface area contributed by atoms with E-state index in [2.05, 4.69) is 238 Å². The van der Waals surface area contributed by atoms with Crippen molar-refractivity contribution in [1.29, 1.82) is 0 Å². The molecule has 0 nitrogen and oxygen atoms in total. The molecular formula is C67H68Cl2SiZr. The van der Waals surface area contributed by atoms with Gasteiger partial charge in [-0.3, -0.25) is 0 Å². The molecule has 7 aromatic carbocycles. The van der Waals surface area contributed by atoms with Gasteiger partial charge in [0.05, 0.1) is 0 Å². The van der Waals surface area contributed by atoms with Gasteiger partial charge >= 0.3 is 428 Å². The minimum atomic E-state index is -1.82. The quantitative estimate of drug-likeness (QED) is 0.105. The topological polar surface area (TPSA) is 0 Å². The van der Waals surface area contributed by atoms with E-state index in [1.807, 2.05) is 5.57 Å². The summed E-state index contributed by atoms with van der Waals surface area (Å²) in [5.41, 5.74) is 16.9. The van der Waals surface area contributed by atoms with E-state index in [4.69, 9.17) is 0 Å². The predicted molar refractivity (Wildman–Crippen MR) is 295 cm³/mol. The van der Waals surface area contributed by atoms with Crippen LogP contribution >= 0.6 is 0 Å². The summed E-state index contributed by atoms with van der Waals surface area (Å²) < 4.78 is -0.110. The fourth-order valence-electron chi connectivity index (χ4n) is 15.8. The van der Waals surface area contributed by atoms with Crippen molar-refractivity contribution in [2.45, 2.75) is 103 Å². The molecule has 4 heteroatoms. The second kappa shape index (κ2) is 18.0. The molecule has 0 aromatic heterocycles. The molecule has 5 aliphatic carbocycles. The van der Waals surface area contributed by atoms with Crippen molar-refractivity contribution in [3.63, 3.8) is 0 Å². The van der Waals surface area contributed by atoms with Crippen LogP contribution in [-0.4, -0.2) is 5.92 Å². The van der Waals surface area contributed by atoms with Crippen molar-refractivity contribution >= 4 is 49.5 Å². The van der Waals surface area contributed by atoms with Crippen molar-refractivity contribution in [3.05, 3.63) is 214 Å². The van der Waals surface area contributed by atoms with Gasteiger partial charge in [-0.05, 0) is 0 Å². The van der Waals surface area contributed by atoms with Crippen LogP contribution in [0.1, 0.15) is 116 Å². The number of benzene rings is 7. The molecule has 1 fully saturated rings. The molecule has 0 aliphatic heterocycles. The number of hydrogen-bond acceptors (Lipinski definition) is 0. The molecule has 358 valence electrons. The SMILES string of the molecule is CCCC1=Cc2c(-c3cc4ccccc4c4ccccc34)cccc2C1[C]1([Zr+2][SiH](c2ccccc2)c2ccccc2)C2=C3Cc4ccccc4C3=C3C=CCCC3(C)C2(C)C(C)(C)C(C)(C)C1(C)C.[Cl-].[Cl-]. The van der Waals surface area contributed by atoms with Crippen molar-refractivity contribution < 1.29 is 47.2 Å². The molecule has 4 atom stereocenters. The molecule has 0 spiro atoms. The van der Waals surface area contributed by atoms with E-state index < -0.39 is 28.3 Å². The summed E-state index contributed by atoms with van der Waals surface area (Å²) in [7, 11) is 0. The molecule has 12 rings (SSSR count). The molecule has 0 heterocycles. The van der Waals surface area contributed by atoms with E-state index in [-0.39, 0.29) is 60.9 Å². The number of allylic oxidation sites excluding steroid dienone is 7. The maximum atomic E-state index is 2.84. The molecule has 71 heavy (non-hydrogen) atoms. The normalized spacial score (nSPS) is 25.0. The largest absolute Gasteiger partial charge is 1.00 e. The van der Waals surface area contributed by atoms with Gasteiger partial charge in [0.1, 0.15) is 0 Å². The van der Waals surface area contributed by atoms with Crippen molar-refractivity contribution in [3.8, 4) is 11.1 Å². The van der Waals surface area contributed by atoms with Crippen molar-refractivity contribution in [2.24, 2.45) is 27.1 Å². The first-order valence-corrected chi connectivity index (χ1v) is 33.3. The van der Waals surface area contributed by atoms with E-state index in [0.29, 0.717) is 0 Å². The first kappa shape index (κ1) is 50.2. The minimum Gasteiger partial charge on any atom is -1.00 e. The van der Waals surface area contributed by atoms with Crippen LogP contribution in [0.2, 0.25) is 3.12 Å². The molecule has 7 aromatic rings. The summed E-state index contributed by atoms with van der Waals surface area (Å²) in [5, 5.41) is 8.59. The molecule has 0 saturated heterocycles. The molecule has 0 amide bonds. The smallest absolute Gasteiger partial charge is 1.00 e. The molecule has 5 aliphatic rings. The van der Waals surface area contributed by atoms with E-state index in [1.165, 1.54) is 55.8 Å². The van der Waals surface area contributed by atoms with Gasteiger partial charge in [0.15, 0.2) is 0 Å². The fraction of sp³-hybridized carbons (Fsp3) is 0.313. The average molecular weight is 1060 g/mol. The van der Waals surface area contributed by atoms with Gasteiger partial charge in [0.25, 0.3) is 0 Å². The Morgan fingerprint density at radius 1 is 0.592 bits per heavy atom. The Balaban J connectivity index is 0.00000291. The maximum absolute atomic E-state index is 2.84. The zero-order valence-electron chi connectivity index (χ0n) is 43.2. The summed E-state index contributed by atoms with van der Waals surface area (Å²) in [5.74, 6) is -1.56. The summed E-state index contributed by atoms with van der Waals surface area (Å²) >= 11 is -1.58. The monoisotopic (exact) mass is 1060 g/mol. The third-order valence-electron chi connectivity index (χ3n) is 20.4. The van der Waals surface area contributed by atoms with Crippen LogP contribution in [0.5, 0.6) is 0 Å². The average Bonchev–Trinajstić information content (AvgIpc) is 3.93. The van der Waals surface area contributed by atoms with Crippen molar-refractivity contribution in [1.82, 2.24) is 0 Å². The summed E-state index contributed by atoms with van der Waals surface area (Å²) in [4.78, 5) is 0. The summed E-state index contributed by atoms with van der Waals surface area (Å²) in [6, 6.07) is 61.9. The standard InChI is InChI=1S/C55H57.C12H11Si.2ClH.Zr/c1-10-20-36-33-44-41(43-31-34-21-11-13-23-37(34)39-25-15-16-26-40(39)43)27-19-28-42(44)47(36)50-49-45-32-35-22-12-14-24-38(35)48(45)46-29-17-18-30-54(46,8)55(49,9)53(6,7)52(4,5)51(50,2)3;1-3-7-11(8-4-1)13-12-9-5-2-6-10-12;;;/h11-17,19,21-29,31,33,47H,10,18,20,30,32H2,1-9H3;1-10,13H;2*1H;/q;;;;+2/p-2. The second-order valence-corrected chi connectivity index (χ2v) is 34.2. The van der Waals surface area contributed by atoms with E-state index in [1.54, 1.807) is 38.2 Å². The van der Waals surface area contributed by atoms with Crippen LogP contribution < -0.4 is 35.2 Å². The number of hydrogen-bond donors (Lipinski definition) is 0. The fourth-order valence-corrected chi connectivity index (χ4v) is 35.0. The van der Waals surface area contributed by atoms with E-state index in [9.17, 15) is 0 Å². The maximum Gasteiger partial charge on any atom is -1.00 e. The van der Waals surface area contributed by atoms with Crippen LogP contribution in [0.15, 0.2) is 192 Å². The predicted octanol–water partition coefficient (Wildman–Crippen LogP) is 10.5. The first-order valence-electron chi connectivity index (χ1n) is 26.1. The van der Waals surface area contributed by atoms with Crippen molar-refractivity contribution in [2.75, 3.05) is 0 Å². The minimum absolute atomic E-state index is 0. The van der Waals surface area contributed by atoms with Crippen LogP contribution in [0, 0.1) is 27.1 Å². The molecule has 1 saturated carbocycles. The van der Waals surface area contributed by atoms with Gasteiger partial charge in [0.2, 0.25) is 0 Å². The van der Waals surface area contributed by atoms with Gasteiger partial charge in [-0.2, -0.15) is 0 Å². The molecule has 0 radical (unpaired) electrons. The first-order chi connectivity index (χ1) is 33.2. The van der Waals surface area contributed by atoms with E-state index >= 15 is 0 Å². The van der Waals surface area contributed by atoms with Gasteiger partial charge < -0.3 is 24.8 Å². The Labute approximate surface area is 449 Å². The number of halogens is 2. The molecular weight excluding hydrogens is 995 g/mol. The van der Waals surface area contributed by atoms with Crippen LogP contribution in [0.3, 0.4) is 0 Å². The molecule has 4 unspecified atom stereocenters. The van der Waals surface area contributed by atoms with Gasteiger partial charge in [-0.25, -0.2) is 0 Å². The van der Waals surface area contributed by atoms with Gasteiger partial charge in [-0.15, -0.1) is 0 Å². The van der Waals surface area contributed by atoms with E-state index in [0.717, 1.165) is 25.7 Å². The zero-order valence-corrected chi connectivity index (χ0v) is 48.3. The van der Waals surface area contributed by atoms with Gasteiger partial charge in [-0.1, -0.05) is 0 Å². The zero-order chi connectivity index (χ0) is 47.7. The Hall–Kier alpha value is -4.30. The molecule has 0 bridgehead atoms. The van der Waals surface area contributed by atoms with Gasteiger partial charge in [0, 0.05) is 0 Å². The molecule has 0 N–H and O–H groups in total. The second-order valence-electron chi connectivity index (χ2n) is 23.4. The number of rotatable bonds is 8. The van der Waals surface area contributed by atoms with Crippen LogP contribution in [0.4, 0.5) is 0 Å².